The van der Waals surface area contributed by atoms with Crippen molar-refractivity contribution in [2.45, 2.75) is 0 Å². The molecule has 0 saturated heterocycles. The topological polar surface area (TPSA) is 99.1 Å². The van der Waals surface area contributed by atoms with E-state index in [-0.39, 0.29) is 11.3 Å². The Balaban J connectivity index is 1.94. The Morgan fingerprint density at radius 2 is 1.65 bits per heavy atom. The van der Waals surface area contributed by atoms with Crippen molar-refractivity contribution in [2.75, 3.05) is 0 Å². The summed E-state index contributed by atoms with van der Waals surface area (Å²) in [6.07, 6.45) is 0. The van der Waals surface area contributed by atoms with Gasteiger partial charge in [0, 0.05) is 15.6 Å². The summed E-state index contributed by atoms with van der Waals surface area (Å²) < 4.78 is 0.927. The molecule has 0 bridgehead atoms. The number of phenolic OH excluding ortho intramolecular Hbond substituents is 1. The van der Waals surface area contributed by atoms with Gasteiger partial charge in [0.05, 0.1) is 22.3 Å². The summed E-state index contributed by atoms with van der Waals surface area (Å²) in [5, 5.41) is 26.7. The van der Waals surface area contributed by atoms with Crippen molar-refractivity contribution in [1.82, 2.24) is 15.2 Å². The average molecular weight is 410 g/mol. The Labute approximate surface area is 156 Å². The highest BCUT2D eigenvalue weighted by molar-refractivity contribution is 9.10. The molecule has 2 heterocycles. The van der Waals surface area contributed by atoms with Gasteiger partial charge < -0.3 is 10.2 Å². The van der Waals surface area contributed by atoms with Crippen LogP contribution in [0.5, 0.6) is 5.75 Å². The fraction of sp³-hybridized carbons (Fsp3) is 0. The van der Waals surface area contributed by atoms with Gasteiger partial charge in [-0.15, -0.1) is 0 Å². The van der Waals surface area contributed by atoms with Gasteiger partial charge in [0.2, 0.25) is 0 Å². The number of aromatic hydroxyl groups is 1. The van der Waals surface area contributed by atoms with Gasteiger partial charge in [-0.05, 0) is 42.5 Å². The second-order valence-corrected chi connectivity index (χ2v) is 6.63. The molecule has 7 heteroatoms. The Morgan fingerprint density at radius 3 is 2.31 bits per heavy atom. The van der Waals surface area contributed by atoms with Crippen molar-refractivity contribution in [3.63, 3.8) is 0 Å². The number of rotatable bonds is 3. The summed E-state index contributed by atoms with van der Waals surface area (Å²) in [5.41, 5.74) is 3.03. The number of nitrogens with zero attached hydrogens (tertiary/aromatic N) is 2. The molecule has 0 aliphatic carbocycles. The minimum Gasteiger partial charge on any atom is -0.508 e. The molecule has 0 spiro atoms. The molecule has 128 valence electrons. The molecule has 0 radical (unpaired) electrons. The largest absolute Gasteiger partial charge is 0.508 e. The van der Waals surface area contributed by atoms with E-state index >= 15 is 0 Å². The van der Waals surface area contributed by atoms with Gasteiger partial charge in [0.15, 0.2) is 5.65 Å². The van der Waals surface area contributed by atoms with Crippen LogP contribution in [0.15, 0.2) is 59.1 Å². The number of phenols is 1. The number of nitrogens with one attached hydrogen (secondary N) is 1. The van der Waals surface area contributed by atoms with Crippen LogP contribution < -0.4 is 0 Å². The number of carbonyl (C=O) groups is 1. The summed E-state index contributed by atoms with van der Waals surface area (Å²) in [6.45, 7) is 0. The number of fused-ring (bicyclic) bond motifs is 1. The number of aromatic nitrogens is 3. The first-order chi connectivity index (χ1) is 12.5. The molecule has 4 rings (SSSR count). The highest BCUT2D eigenvalue weighted by Crippen LogP contribution is 2.32. The lowest BCUT2D eigenvalue weighted by Crippen LogP contribution is -2.00. The maximum atomic E-state index is 11.9. The van der Waals surface area contributed by atoms with Crippen LogP contribution in [0.4, 0.5) is 0 Å². The minimum absolute atomic E-state index is 0.116. The molecule has 26 heavy (non-hydrogen) atoms. The number of hydrogen-bond acceptors (Lipinski definition) is 4. The van der Waals surface area contributed by atoms with Gasteiger partial charge in [-0.25, -0.2) is 9.78 Å². The number of carboxylic acid groups (broad SMARTS) is 1. The molecule has 0 atom stereocenters. The van der Waals surface area contributed by atoms with E-state index in [1.807, 2.05) is 24.3 Å². The molecule has 0 amide bonds. The van der Waals surface area contributed by atoms with Gasteiger partial charge in [0.1, 0.15) is 5.75 Å². The molecule has 6 nitrogen and oxygen atoms in total. The fourth-order valence-electron chi connectivity index (χ4n) is 2.80. The molecular formula is C19H12BrN3O3. The van der Waals surface area contributed by atoms with E-state index in [9.17, 15) is 15.0 Å². The van der Waals surface area contributed by atoms with Crippen LogP contribution >= 0.6 is 15.9 Å². The first-order valence-electron chi connectivity index (χ1n) is 7.70. The van der Waals surface area contributed by atoms with Crippen molar-refractivity contribution in [3.05, 3.63) is 64.6 Å². The molecule has 0 aliphatic heterocycles. The van der Waals surface area contributed by atoms with Crippen LogP contribution in [0, 0.1) is 0 Å². The quantitative estimate of drug-likeness (QED) is 0.463. The predicted octanol–water partition coefficient (Wildman–Crippen LogP) is 4.46. The maximum absolute atomic E-state index is 11.9. The van der Waals surface area contributed by atoms with E-state index in [4.69, 9.17) is 0 Å². The van der Waals surface area contributed by atoms with Gasteiger partial charge in [-0.2, -0.15) is 5.10 Å². The summed E-state index contributed by atoms with van der Waals surface area (Å²) in [6, 6.07) is 15.4. The second kappa shape index (κ2) is 6.27. The molecule has 0 unspecified atom stereocenters. The van der Waals surface area contributed by atoms with Crippen molar-refractivity contribution < 1.29 is 15.0 Å². The molecule has 0 fully saturated rings. The first kappa shape index (κ1) is 16.3. The first-order valence-corrected chi connectivity index (χ1v) is 8.50. The summed E-state index contributed by atoms with van der Waals surface area (Å²) >= 11 is 3.39. The number of hydrogen-bond donors (Lipinski definition) is 3. The molecule has 0 aliphatic rings. The smallest absolute Gasteiger partial charge is 0.336 e. The number of aromatic amines is 1. The SMILES string of the molecule is O=C(O)c1cc(-c2ccc(O)cc2)nc2n[nH]c(-c3ccc(Br)cc3)c12. The highest BCUT2D eigenvalue weighted by Gasteiger charge is 2.19. The van der Waals surface area contributed by atoms with Crippen LogP contribution in [-0.4, -0.2) is 31.4 Å². The lowest BCUT2D eigenvalue weighted by Gasteiger charge is -2.06. The highest BCUT2D eigenvalue weighted by atomic mass is 79.9. The van der Waals surface area contributed by atoms with Crippen molar-refractivity contribution in [1.29, 1.82) is 0 Å². The summed E-state index contributed by atoms with van der Waals surface area (Å²) in [5.74, 6) is -0.928. The minimum atomic E-state index is -1.06. The fourth-order valence-corrected chi connectivity index (χ4v) is 3.06. The van der Waals surface area contributed by atoms with Gasteiger partial charge in [0.25, 0.3) is 0 Å². The maximum Gasteiger partial charge on any atom is 0.336 e. The Kier molecular flexibility index (Phi) is 3.93. The third kappa shape index (κ3) is 2.82. The van der Waals surface area contributed by atoms with Crippen molar-refractivity contribution >= 4 is 32.9 Å². The van der Waals surface area contributed by atoms with Crippen molar-refractivity contribution in [3.8, 4) is 28.3 Å². The molecule has 2 aromatic carbocycles. The van der Waals surface area contributed by atoms with E-state index in [1.54, 1.807) is 12.1 Å². The Bertz CT molecular complexity index is 1120. The van der Waals surface area contributed by atoms with Gasteiger partial charge >= 0.3 is 5.97 Å². The van der Waals surface area contributed by atoms with E-state index in [2.05, 4.69) is 31.1 Å². The zero-order valence-corrected chi connectivity index (χ0v) is 14.9. The number of aromatic carboxylic acids is 1. The monoisotopic (exact) mass is 409 g/mol. The van der Waals surface area contributed by atoms with E-state index in [1.165, 1.54) is 18.2 Å². The molecule has 3 N–H and O–H groups in total. The number of benzene rings is 2. The Hall–Kier alpha value is -3.19. The average Bonchev–Trinajstić information content (AvgIpc) is 3.06. The van der Waals surface area contributed by atoms with Crippen LogP contribution in [0.3, 0.4) is 0 Å². The third-order valence-corrected chi connectivity index (χ3v) is 4.58. The second-order valence-electron chi connectivity index (χ2n) is 5.71. The number of carboxylic acids is 1. The van der Waals surface area contributed by atoms with Gasteiger partial charge in [-0.1, -0.05) is 28.1 Å². The third-order valence-electron chi connectivity index (χ3n) is 4.05. The normalized spacial score (nSPS) is 11.0. The number of H-pyrrole nitrogens is 1. The number of halogens is 1. The van der Waals surface area contributed by atoms with E-state index in [0.717, 1.165) is 10.0 Å². The zero-order valence-electron chi connectivity index (χ0n) is 13.3. The molecule has 4 aromatic rings. The van der Waals surface area contributed by atoms with Crippen LogP contribution in [0.1, 0.15) is 10.4 Å². The summed E-state index contributed by atoms with van der Waals surface area (Å²) in [7, 11) is 0. The lowest BCUT2D eigenvalue weighted by atomic mass is 10.0. The molecule has 2 aromatic heterocycles. The molecular weight excluding hydrogens is 398 g/mol. The summed E-state index contributed by atoms with van der Waals surface area (Å²) in [4.78, 5) is 16.4. The van der Waals surface area contributed by atoms with Gasteiger partial charge in [-0.3, -0.25) is 5.10 Å². The van der Waals surface area contributed by atoms with E-state index < -0.39 is 5.97 Å². The standard InChI is InChI=1S/C19H12BrN3O3/c20-12-5-1-11(2-6-12)17-16-14(19(25)26)9-15(21-18(16)23-22-17)10-3-7-13(24)8-4-10/h1-9,24H,(H,25,26)(H,21,22,23). The predicted molar refractivity (Wildman–Crippen MR) is 101 cm³/mol. The van der Waals surface area contributed by atoms with Crippen LogP contribution in [-0.2, 0) is 0 Å². The van der Waals surface area contributed by atoms with Crippen LogP contribution in [0.25, 0.3) is 33.5 Å². The van der Waals surface area contributed by atoms with Crippen molar-refractivity contribution in [2.24, 2.45) is 0 Å². The van der Waals surface area contributed by atoms with Crippen LogP contribution in [0.2, 0.25) is 0 Å². The zero-order chi connectivity index (χ0) is 18.3. The number of pyridine rings is 1. The lowest BCUT2D eigenvalue weighted by molar-refractivity contribution is 0.0699. The molecule has 0 saturated carbocycles. The van der Waals surface area contributed by atoms with E-state index in [0.29, 0.717) is 28.0 Å². The Morgan fingerprint density at radius 1 is 1.00 bits per heavy atom.